The average Bonchev–Trinajstić information content (AvgIpc) is 2.61. The molecule has 4 heteroatoms. The molecule has 0 aliphatic rings. The van der Waals surface area contributed by atoms with Gasteiger partial charge in [-0.3, -0.25) is 0 Å². The van der Waals surface area contributed by atoms with Gasteiger partial charge in [0.15, 0.2) is 0 Å². The summed E-state index contributed by atoms with van der Waals surface area (Å²) in [6.45, 7) is 6.87. The van der Waals surface area contributed by atoms with Crippen LogP contribution >= 0.6 is 0 Å². The number of ether oxygens (including phenoxy) is 4. The van der Waals surface area contributed by atoms with E-state index in [0.717, 1.165) is 48.3 Å². The van der Waals surface area contributed by atoms with Crippen LogP contribution in [0.5, 0.6) is 0 Å². The second kappa shape index (κ2) is 12.6. The summed E-state index contributed by atoms with van der Waals surface area (Å²) in [5, 5.41) is 0. The standard InChI is InChI=1S/C20H30O4/c1-17(15-23-12-6-10-21-3)19-8-5-9-20(14-19)18(2)16-24-13-7-11-22-4/h5,8-9,14-16H,6-7,10-13H2,1-4H3/b17-15+,18-16+. The Morgan fingerprint density at radius 1 is 0.792 bits per heavy atom. The van der Waals surface area contributed by atoms with Gasteiger partial charge in [-0.05, 0) is 42.2 Å². The fraction of sp³-hybridized carbons (Fsp3) is 0.500. The lowest BCUT2D eigenvalue weighted by molar-refractivity contribution is 0.157. The van der Waals surface area contributed by atoms with Crippen LogP contribution in [0.25, 0.3) is 11.1 Å². The molecule has 0 aliphatic heterocycles. The number of benzene rings is 1. The van der Waals surface area contributed by atoms with Crippen LogP contribution in [0.4, 0.5) is 0 Å². The summed E-state index contributed by atoms with van der Waals surface area (Å²) in [5.74, 6) is 0. The van der Waals surface area contributed by atoms with Crippen molar-refractivity contribution in [2.24, 2.45) is 0 Å². The Labute approximate surface area is 146 Å². The molecule has 0 saturated heterocycles. The van der Waals surface area contributed by atoms with Gasteiger partial charge in [0, 0.05) is 40.3 Å². The summed E-state index contributed by atoms with van der Waals surface area (Å²) in [6.07, 6.45) is 5.41. The molecule has 1 aromatic rings. The smallest absolute Gasteiger partial charge is 0.0895 e. The number of hydrogen-bond acceptors (Lipinski definition) is 4. The Hall–Kier alpha value is -1.78. The van der Waals surface area contributed by atoms with E-state index in [1.165, 1.54) is 0 Å². The average molecular weight is 334 g/mol. The Morgan fingerprint density at radius 2 is 1.25 bits per heavy atom. The van der Waals surface area contributed by atoms with E-state index in [1.54, 1.807) is 14.2 Å². The van der Waals surface area contributed by atoms with E-state index in [0.29, 0.717) is 13.2 Å². The second-order valence-corrected chi connectivity index (χ2v) is 5.62. The van der Waals surface area contributed by atoms with Crippen LogP contribution < -0.4 is 0 Å². The molecule has 24 heavy (non-hydrogen) atoms. The predicted octanol–water partition coefficient (Wildman–Crippen LogP) is 4.51. The van der Waals surface area contributed by atoms with Crippen molar-refractivity contribution in [3.63, 3.8) is 0 Å². The van der Waals surface area contributed by atoms with Crippen LogP contribution in [0, 0.1) is 0 Å². The molecule has 134 valence electrons. The molecule has 0 unspecified atom stereocenters. The van der Waals surface area contributed by atoms with Crippen molar-refractivity contribution < 1.29 is 18.9 Å². The number of hydrogen-bond donors (Lipinski definition) is 0. The fourth-order valence-corrected chi connectivity index (χ4v) is 2.09. The minimum atomic E-state index is 0.666. The summed E-state index contributed by atoms with van der Waals surface area (Å²) in [7, 11) is 3.40. The van der Waals surface area contributed by atoms with Crippen molar-refractivity contribution in [3.8, 4) is 0 Å². The maximum Gasteiger partial charge on any atom is 0.0895 e. The lowest BCUT2D eigenvalue weighted by Gasteiger charge is -2.08. The summed E-state index contributed by atoms with van der Waals surface area (Å²) >= 11 is 0. The monoisotopic (exact) mass is 334 g/mol. The zero-order chi connectivity index (χ0) is 17.6. The van der Waals surface area contributed by atoms with E-state index in [9.17, 15) is 0 Å². The highest BCUT2D eigenvalue weighted by Gasteiger charge is 2.01. The predicted molar refractivity (Wildman–Crippen MR) is 98.6 cm³/mol. The molecule has 1 aromatic carbocycles. The maximum atomic E-state index is 5.56. The van der Waals surface area contributed by atoms with E-state index < -0.39 is 0 Å². The fourth-order valence-electron chi connectivity index (χ4n) is 2.09. The van der Waals surface area contributed by atoms with Crippen molar-refractivity contribution in [2.75, 3.05) is 40.6 Å². The van der Waals surface area contributed by atoms with E-state index in [2.05, 4.69) is 38.1 Å². The summed E-state index contributed by atoms with van der Waals surface area (Å²) < 4.78 is 21.1. The third-order valence-corrected chi connectivity index (χ3v) is 3.51. The SMILES string of the molecule is COCCCO/C=C(\C)c1cccc(/C(C)=C/OCCCOC)c1. The largest absolute Gasteiger partial charge is 0.501 e. The van der Waals surface area contributed by atoms with Gasteiger partial charge < -0.3 is 18.9 Å². The first kappa shape index (κ1) is 20.3. The van der Waals surface area contributed by atoms with E-state index in [1.807, 2.05) is 12.5 Å². The van der Waals surface area contributed by atoms with Gasteiger partial charge in [0.2, 0.25) is 0 Å². The van der Waals surface area contributed by atoms with Gasteiger partial charge in [0.05, 0.1) is 25.7 Å². The molecular formula is C20H30O4. The van der Waals surface area contributed by atoms with Gasteiger partial charge in [0.1, 0.15) is 0 Å². The summed E-state index contributed by atoms with van der Waals surface area (Å²) in [6, 6.07) is 8.37. The molecule has 0 N–H and O–H groups in total. The molecule has 0 bridgehead atoms. The molecule has 0 fully saturated rings. The van der Waals surface area contributed by atoms with Crippen LogP contribution in [0.3, 0.4) is 0 Å². The molecule has 0 amide bonds. The van der Waals surface area contributed by atoms with Crippen molar-refractivity contribution in [3.05, 3.63) is 47.9 Å². The van der Waals surface area contributed by atoms with Gasteiger partial charge in [-0.2, -0.15) is 0 Å². The maximum absolute atomic E-state index is 5.56. The lowest BCUT2D eigenvalue weighted by atomic mass is 10.0. The normalized spacial score (nSPS) is 12.3. The Kier molecular flexibility index (Phi) is 10.7. The van der Waals surface area contributed by atoms with Crippen molar-refractivity contribution in [2.45, 2.75) is 26.7 Å². The third-order valence-electron chi connectivity index (χ3n) is 3.51. The molecule has 0 radical (unpaired) electrons. The van der Waals surface area contributed by atoms with Crippen LogP contribution in [0.2, 0.25) is 0 Å². The van der Waals surface area contributed by atoms with Crippen molar-refractivity contribution >= 4 is 11.1 Å². The van der Waals surface area contributed by atoms with Crippen molar-refractivity contribution in [1.82, 2.24) is 0 Å². The van der Waals surface area contributed by atoms with E-state index >= 15 is 0 Å². The Morgan fingerprint density at radius 3 is 1.67 bits per heavy atom. The van der Waals surface area contributed by atoms with E-state index in [4.69, 9.17) is 18.9 Å². The molecule has 0 aliphatic carbocycles. The number of methoxy groups -OCH3 is 2. The van der Waals surface area contributed by atoms with Crippen LogP contribution in [0.15, 0.2) is 36.8 Å². The molecule has 0 heterocycles. The molecule has 0 saturated carbocycles. The highest BCUT2D eigenvalue weighted by molar-refractivity contribution is 5.70. The highest BCUT2D eigenvalue weighted by Crippen LogP contribution is 2.20. The van der Waals surface area contributed by atoms with Gasteiger partial charge >= 0.3 is 0 Å². The zero-order valence-electron chi connectivity index (χ0n) is 15.3. The first-order chi connectivity index (χ1) is 11.7. The van der Waals surface area contributed by atoms with Crippen LogP contribution in [0.1, 0.15) is 37.8 Å². The van der Waals surface area contributed by atoms with Gasteiger partial charge in [-0.15, -0.1) is 0 Å². The molecule has 1 rings (SSSR count). The first-order valence-electron chi connectivity index (χ1n) is 8.34. The molecule has 0 atom stereocenters. The van der Waals surface area contributed by atoms with Crippen LogP contribution in [-0.2, 0) is 18.9 Å². The molecule has 0 spiro atoms. The van der Waals surface area contributed by atoms with Gasteiger partial charge in [-0.1, -0.05) is 18.2 Å². The Bertz CT molecular complexity index is 477. The summed E-state index contributed by atoms with van der Waals surface area (Å²) in [5.41, 5.74) is 4.49. The number of allylic oxidation sites excluding steroid dienone is 2. The third kappa shape index (κ3) is 8.18. The minimum Gasteiger partial charge on any atom is -0.501 e. The summed E-state index contributed by atoms with van der Waals surface area (Å²) in [4.78, 5) is 0. The minimum absolute atomic E-state index is 0.666. The van der Waals surface area contributed by atoms with Gasteiger partial charge in [0.25, 0.3) is 0 Å². The first-order valence-corrected chi connectivity index (χ1v) is 8.34. The molecule has 4 nitrogen and oxygen atoms in total. The van der Waals surface area contributed by atoms with Crippen LogP contribution in [-0.4, -0.2) is 40.6 Å². The van der Waals surface area contributed by atoms with Gasteiger partial charge in [-0.25, -0.2) is 0 Å². The second-order valence-electron chi connectivity index (χ2n) is 5.62. The number of rotatable bonds is 12. The highest BCUT2D eigenvalue weighted by atomic mass is 16.5. The molecule has 0 aromatic heterocycles. The molecular weight excluding hydrogens is 304 g/mol. The van der Waals surface area contributed by atoms with Crippen molar-refractivity contribution in [1.29, 1.82) is 0 Å². The topological polar surface area (TPSA) is 36.9 Å². The zero-order valence-corrected chi connectivity index (χ0v) is 15.3. The lowest BCUT2D eigenvalue weighted by Crippen LogP contribution is -1.95. The quantitative estimate of drug-likeness (QED) is 0.416. The van der Waals surface area contributed by atoms with E-state index in [-0.39, 0.29) is 0 Å². The Balaban J connectivity index is 2.58.